The zero-order valence-electron chi connectivity index (χ0n) is 13.0. The summed E-state index contributed by atoms with van der Waals surface area (Å²) in [7, 11) is 0. The summed E-state index contributed by atoms with van der Waals surface area (Å²) in [6, 6.07) is 0.142. The number of likely N-dealkylation sites (tertiary alicyclic amines) is 1. The molecule has 2 aliphatic heterocycles. The second-order valence-corrected chi connectivity index (χ2v) is 8.50. The number of hydrogen-bond donors (Lipinski definition) is 1. The molecule has 0 spiro atoms. The van der Waals surface area contributed by atoms with Gasteiger partial charge >= 0.3 is 12.0 Å². The van der Waals surface area contributed by atoms with Crippen molar-refractivity contribution in [1.82, 2.24) is 9.80 Å². The summed E-state index contributed by atoms with van der Waals surface area (Å²) in [6.07, 6.45) is 2.92. The Balaban J connectivity index is 1.88. The fourth-order valence-electron chi connectivity index (χ4n) is 3.18. The minimum absolute atomic E-state index is 0.131. The van der Waals surface area contributed by atoms with E-state index in [9.17, 15) is 9.59 Å². The predicted octanol–water partition coefficient (Wildman–Crippen LogP) is 2.51. The molecular formula is C15H26N2O3S. The van der Waals surface area contributed by atoms with Gasteiger partial charge in [-0.2, -0.15) is 11.8 Å². The maximum atomic E-state index is 12.7. The fraction of sp³-hybridized carbons (Fsp3) is 0.867. The van der Waals surface area contributed by atoms with Crippen LogP contribution in [0.25, 0.3) is 0 Å². The van der Waals surface area contributed by atoms with Crippen molar-refractivity contribution in [2.24, 2.45) is 5.92 Å². The number of amides is 2. The Labute approximate surface area is 131 Å². The van der Waals surface area contributed by atoms with E-state index in [0.29, 0.717) is 12.3 Å². The van der Waals surface area contributed by atoms with Crippen molar-refractivity contribution in [3.63, 3.8) is 0 Å². The monoisotopic (exact) mass is 314 g/mol. The third-order valence-electron chi connectivity index (χ3n) is 4.25. The first-order valence-corrected chi connectivity index (χ1v) is 8.75. The molecule has 2 rings (SSSR count). The van der Waals surface area contributed by atoms with Crippen molar-refractivity contribution in [3.05, 3.63) is 0 Å². The van der Waals surface area contributed by atoms with E-state index in [1.165, 1.54) is 0 Å². The van der Waals surface area contributed by atoms with E-state index >= 15 is 0 Å². The average molecular weight is 314 g/mol. The Morgan fingerprint density at radius 1 is 1.29 bits per heavy atom. The highest BCUT2D eigenvalue weighted by Crippen LogP contribution is 2.30. The molecule has 0 radical (unpaired) electrons. The van der Waals surface area contributed by atoms with Gasteiger partial charge in [0.25, 0.3) is 0 Å². The van der Waals surface area contributed by atoms with Gasteiger partial charge < -0.3 is 14.9 Å². The summed E-state index contributed by atoms with van der Waals surface area (Å²) < 4.78 is 0.131. The molecule has 21 heavy (non-hydrogen) atoms. The highest BCUT2D eigenvalue weighted by Gasteiger charge is 2.33. The second kappa shape index (κ2) is 6.90. The van der Waals surface area contributed by atoms with Gasteiger partial charge in [0.2, 0.25) is 0 Å². The van der Waals surface area contributed by atoms with Gasteiger partial charge in [-0.1, -0.05) is 0 Å². The fourth-order valence-corrected chi connectivity index (χ4v) is 4.29. The summed E-state index contributed by atoms with van der Waals surface area (Å²) in [5.41, 5.74) is 0. The maximum absolute atomic E-state index is 12.7. The lowest BCUT2D eigenvalue weighted by atomic mass is 9.93. The van der Waals surface area contributed by atoms with Gasteiger partial charge in [-0.3, -0.25) is 4.79 Å². The number of thioether (sulfide) groups is 1. The number of hydrogen-bond acceptors (Lipinski definition) is 3. The van der Waals surface area contributed by atoms with Crippen LogP contribution in [-0.2, 0) is 4.79 Å². The molecule has 2 fully saturated rings. The highest BCUT2D eigenvalue weighted by molar-refractivity contribution is 8.00. The lowest BCUT2D eigenvalue weighted by Crippen LogP contribution is -2.53. The van der Waals surface area contributed by atoms with E-state index in [2.05, 4.69) is 13.8 Å². The molecule has 1 atom stereocenters. The maximum Gasteiger partial charge on any atom is 0.320 e. The van der Waals surface area contributed by atoms with Crippen LogP contribution in [0.15, 0.2) is 0 Å². The van der Waals surface area contributed by atoms with Gasteiger partial charge in [-0.25, -0.2) is 4.79 Å². The summed E-state index contributed by atoms with van der Waals surface area (Å²) in [6.45, 7) is 7.52. The SMILES string of the molecule is CC1(C)CN(C(=O)N2CCCC(CCC(=O)O)C2)CCS1. The molecule has 0 bridgehead atoms. The number of urea groups is 1. The number of aliphatic carboxylic acids is 1. The topological polar surface area (TPSA) is 60.9 Å². The van der Waals surface area contributed by atoms with Crippen molar-refractivity contribution in [2.45, 2.75) is 44.3 Å². The number of rotatable bonds is 3. The Bertz CT molecular complexity index is 400. The lowest BCUT2D eigenvalue weighted by Gasteiger charge is -2.42. The van der Waals surface area contributed by atoms with Crippen molar-refractivity contribution in [1.29, 1.82) is 0 Å². The van der Waals surface area contributed by atoms with Crippen LogP contribution < -0.4 is 0 Å². The van der Waals surface area contributed by atoms with Gasteiger partial charge in [0.05, 0.1) is 0 Å². The average Bonchev–Trinajstić information content (AvgIpc) is 2.43. The molecule has 6 heteroatoms. The minimum Gasteiger partial charge on any atom is -0.481 e. The second-order valence-electron chi connectivity index (χ2n) is 6.70. The number of carbonyl (C=O) groups excluding carboxylic acids is 1. The molecule has 0 aromatic carbocycles. The number of piperidine rings is 1. The summed E-state index contributed by atoms with van der Waals surface area (Å²) in [5.74, 6) is 0.592. The molecule has 0 aromatic heterocycles. The molecule has 2 heterocycles. The predicted molar refractivity (Wildman–Crippen MR) is 84.7 cm³/mol. The molecule has 2 saturated heterocycles. The largest absolute Gasteiger partial charge is 0.481 e. The van der Waals surface area contributed by atoms with Crippen LogP contribution in [-0.4, -0.2) is 63.6 Å². The van der Waals surface area contributed by atoms with E-state index in [-0.39, 0.29) is 17.2 Å². The van der Waals surface area contributed by atoms with Crippen molar-refractivity contribution >= 4 is 23.8 Å². The number of nitrogens with zero attached hydrogens (tertiary/aromatic N) is 2. The molecular weight excluding hydrogens is 288 g/mol. The van der Waals surface area contributed by atoms with E-state index in [1.54, 1.807) is 0 Å². The molecule has 0 saturated carbocycles. The third-order valence-corrected chi connectivity index (χ3v) is 5.55. The molecule has 2 amide bonds. The molecule has 0 aliphatic carbocycles. The normalized spacial score (nSPS) is 25.7. The number of carbonyl (C=O) groups is 2. The first kappa shape index (κ1) is 16.5. The Hall–Kier alpha value is -0.910. The van der Waals surface area contributed by atoms with Crippen LogP contribution >= 0.6 is 11.8 Å². The summed E-state index contributed by atoms with van der Waals surface area (Å²) in [4.78, 5) is 27.2. The van der Waals surface area contributed by atoms with Gasteiger partial charge in [-0.05, 0) is 39.0 Å². The van der Waals surface area contributed by atoms with Crippen LogP contribution in [0.5, 0.6) is 0 Å². The van der Waals surface area contributed by atoms with Gasteiger partial charge in [0, 0.05) is 43.1 Å². The van der Waals surface area contributed by atoms with Gasteiger partial charge in [0.1, 0.15) is 0 Å². The molecule has 1 N–H and O–H groups in total. The third kappa shape index (κ3) is 4.80. The summed E-state index contributed by atoms with van der Waals surface area (Å²) in [5, 5.41) is 8.79. The Morgan fingerprint density at radius 3 is 2.71 bits per heavy atom. The number of carboxylic acids is 1. The molecule has 0 aromatic rings. The zero-order chi connectivity index (χ0) is 15.5. The Morgan fingerprint density at radius 2 is 2.05 bits per heavy atom. The highest BCUT2D eigenvalue weighted by atomic mass is 32.2. The zero-order valence-corrected chi connectivity index (χ0v) is 13.8. The van der Waals surface area contributed by atoms with Crippen LogP contribution in [0.3, 0.4) is 0 Å². The first-order valence-electron chi connectivity index (χ1n) is 7.77. The van der Waals surface area contributed by atoms with Crippen molar-refractivity contribution in [3.8, 4) is 0 Å². The Kier molecular flexibility index (Phi) is 5.41. The number of carboxylic acid groups (broad SMARTS) is 1. The molecule has 5 nitrogen and oxygen atoms in total. The molecule has 2 aliphatic rings. The van der Waals surface area contributed by atoms with Crippen molar-refractivity contribution < 1.29 is 14.7 Å². The van der Waals surface area contributed by atoms with Crippen LogP contribution in [0.2, 0.25) is 0 Å². The van der Waals surface area contributed by atoms with Crippen LogP contribution in [0, 0.1) is 5.92 Å². The summed E-state index contributed by atoms with van der Waals surface area (Å²) >= 11 is 1.92. The van der Waals surface area contributed by atoms with E-state index in [4.69, 9.17) is 5.11 Å². The van der Waals surface area contributed by atoms with Crippen LogP contribution in [0.1, 0.15) is 39.5 Å². The van der Waals surface area contributed by atoms with E-state index in [0.717, 1.165) is 44.8 Å². The van der Waals surface area contributed by atoms with Crippen molar-refractivity contribution in [2.75, 3.05) is 31.9 Å². The molecule has 1 unspecified atom stereocenters. The van der Waals surface area contributed by atoms with E-state index in [1.807, 2.05) is 21.6 Å². The lowest BCUT2D eigenvalue weighted by molar-refractivity contribution is -0.137. The van der Waals surface area contributed by atoms with Gasteiger partial charge in [-0.15, -0.1) is 0 Å². The van der Waals surface area contributed by atoms with E-state index < -0.39 is 5.97 Å². The molecule has 120 valence electrons. The smallest absolute Gasteiger partial charge is 0.320 e. The van der Waals surface area contributed by atoms with Gasteiger partial charge in [0.15, 0.2) is 0 Å². The minimum atomic E-state index is -0.742. The quantitative estimate of drug-likeness (QED) is 0.869. The van der Waals surface area contributed by atoms with Crippen LogP contribution in [0.4, 0.5) is 4.79 Å². The standard InChI is InChI=1S/C15H26N2O3S/c1-15(2)11-17(8-9-21-15)14(20)16-7-3-4-12(10-16)5-6-13(18)19/h12H,3-11H2,1-2H3,(H,18,19). The first-order chi connectivity index (χ1) is 9.87.